The van der Waals surface area contributed by atoms with Gasteiger partial charge in [-0.15, -0.1) is 0 Å². The van der Waals surface area contributed by atoms with Crippen molar-refractivity contribution in [2.75, 3.05) is 13.2 Å². The monoisotopic (exact) mass is 919 g/mol. The van der Waals surface area contributed by atoms with Crippen LogP contribution in [0.15, 0.2) is 0 Å². The van der Waals surface area contributed by atoms with E-state index in [4.69, 9.17) is 14.2 Å². The second-order valence-electron chi connectivity index (χ2n) is 20.8. The van der Waals surface area contributed by atoms with E-state index in [2.05, 4.69) is 34.6 Å². The van der Waals surface area contributed by atoms with Crippen LogP contribution < -0.4 is 0 Å². The van der Waals surface area contributed by atoms with Gasteiger partial charge in [0.1, 0.15) is 13.2 Å². The molecule has 0 saturated carbocycles. The maximum atomic E-state index is 12.9. The molecule has 0 heterocycles. The summed E-state index contributed by atoms with van der Waals surface area (Å²) in [6.45, 7) is 11.5. The molecule has 0 bridgehead atoms. The van der Waals surface area contributed by atoms with Crippen LogP contribution in [0.1, 0.15) is 330 Å². The van der Waals surface area contributed by atoms with Crippen molar-refractivity contribution in [1.29, 1.82) is 0 Å². The molecule has 0 N–H and O–H groups in total. The summed E-state index contributed by atoms with van der Waals surface area (Å²) in [7, 11) is 0. The van der Waals surface area contributed by atoms with Crippen molar-refractivity contribution < 1.29 is 28.6 Å². The standard InChI is InChI=1S/C59H114O6/c1-6-9-10-11-12-13-14-21-25-28-34-39-44-49-57(60)63-52-56(53-64-58(61)50-45-40-35-31-30-33-38-43-48-55(5)8-3)65-59(62)51-46-41-36-29-26-23-20-18-16-15-17-19-22-24-27-32-37-42-47-54(4)7-2/h54-56H,6-53H2,1-5H3/t54?,55?,56-/m0/s1. The minimum Gasteiger partial charge on any atom is -0.462 e. The summed E-state index contributed by atoms with van der Waals surface area (Å²) in [5.41, 5.74) is 0. The van der Waals surface area contributed by atoms with E-state index in [9.17, 15) is 14.4 Å². The van der Waals surface area contributed by atoms with Crippen molar-refractivity contribution >= 4 is 17.9 Å². The summed E-state index contributed by atoms with van der Waals surface area (Å²) in [4.78, 5) is 38.1. The van der Waals surface area contributed by atoms with E-state index in [0.29, 0.717) is 19.3 Å². The topological polar surface area (TPSA) is 78.9 Å². The molecule has 0 radical (unpaired) electrons. The van der Waals surface area contributed by atoms with Crippen molar-refractivity contribution in [3.8, 4) is 0 Å². The molecule has 0 aromatic carbocycles. The molecule has 0 rings (SSSR count). The van der Waals surface area contributed by atoms with Gasteiger partial charge in [0.2, 0.25) is 0 Å². The van der Waals surface area contributed by atoms with E-state index >= 15 is 0 Å². The summed E-state index contributed by atoms with van der Waals surface area (Å²) in [5, 5.41) is 0. The van der Waals surface area contributed by atoms with E-state index < -0.39 is 6.10 Å². The van der Waals surface area contributed by atoms with Crippen molar-refractivity contribution in [2.45, 2.75) is 336 Å². The molecule has 2 unspecified atom stereocenters. The third-order valence-corrected chi connectivity index (χ3v) is 14.2. The first-order valence-electron chi connectivity index (χ1n) is 29.3. The zero-order valence-corrected chi connectivity index (χ0v) is 44.6. The van der Waals surface area contributed by atoms with Crippen molar-refractivity contribution in [3.63, 3.8) is 0 Å². The minimum atomic E-state index is -0.763. The Morgan fingerprint density at radius 3 is 0.800 bits per heavy atom. The van der Waals surface area contributed by atoms with Gasteiger partial charge in [0.15, 0.2) is 6.10 Å². The Morgan fingerprint density at radius 2 is 0.538 bits per heavy atom. The summed E-state index contributed by atoms with van der Waals surface area (Å²) in [6, 6.07) is 0. The van der Waals surface area contributed by atoms with Crippen LogP contribution in [0.4, 0.5) is 0 Å². The van der Waals surface area contributed by atoms with Crippen molar-refractivity contribution in [3.05, 3.63) is 0 Å². The molecule has 3 atom stereocenters. The lowest BCUT2D eigenvalue weighted by Crippen LogP contribution is -2.30. The van der Waals surface area contributed by atoms with E-state index in [1.165, 1.54) is 218 Å². The summed E-state index contributed by atoms with van der Waals surface area (Å²) in [6.07, 6.45) is 55.2. The van der Waals surface area contributed by atoms with Gasteiger partial charge in [0.05, 0.1) is 0 Å². The SMILES string of the molecule is CCCCCCCCCCCCCCCC(=O)OC[C@@H](COC(=O)CCCCCCCCCCC(C)CC)OC(=O)CCCCCCCCCCCCCCCCCCCCC(C)CC. The van der Waals surface area contributed by atoms with Gasteiger partial charge in [0.25, 0.3) is 0 Å². The fraction of sp³-hybridized carbons (Fsp3) is 0.949. The highest BCUT2D eigenvalue weighted by molar-refractivity contribution is 5.71. The third-order valence-electron chi connectivity index (χ3n) is 14.2. The highest BCUT2D eigenvalue weighted by Gasteiger charge is 2.19. The first-order chi connectivity index (χ1) is 31.8. The van der Waals surface area contributed by atoms with Gasteiger partial charge >= 0.3 is 17.9 Å². The van der Waals surface area contributed by atoms with Crippen LogP contribution >= 0.6 is 0 Å². The van der Waals surface area contributed by atoms with Gasteiger partial charge in [-0.05, 0) is 31.1 Å². The number of hydrogen-bond acceptors (Lipinski definition) is 6. The quantitative estimate of drug-likeness (QED) is 0.0344. The molecule has 0 aliphatic carbocycles. The molecule has 386 valence electrons. The predicted octanol–water partition coefficient (Wildman–Crippen LogP) is 19.3. The van der Waals surface area contributed by atoms with Crippen LogP contribution in [0.3, 0.4) is 0 Å². The van der Waals surface area contributed by atoms with Crippen LogP contribution in [0, 0.1) is 11.8 Å². The lowest BCUT2D eigenvalue weighted by atomic mass is 9.99. The van der Waals surface area contributed by atoms with Crippen molar-refractivity contribution in [1.82, 2.24) is 0 Å². The summed E-state index contributed by atoms with van der Waals surface area (Å²) >= 11 is 0. The maximum absolute atomic E-state index is 12.9. The first-order valence-corrected chi connectivity index (χ1v) is 29.3. The van der Waals surface area contributed by atoms with Crippen LogP contribution in [0.5, 0.6) is 0 Å². The Balaban J connectivity index is 4.24. The van der Waals surface area contributed by atoms with Crippen LogP contribution in [0.25, 0.3) is 0 Å². The fourth-order valence-corrected chi connectivity index (χ4v) is 8.99. The molecular formula is C59H114O6. The first kappa shape index (κ1) is 63.4. The van der Waals surface area contributed by atoms with Crippen LogP contribution in [-0.4, -0.2) is 37.2 Å². The average Bonchev–Trinajstić information content (AvgIpc) is 3.30. The molecule has 6 heteroatoms. The van der Waals surface area contributed by atoms with Gasteiger partial charge in [-0.2, -0.15) is 0 Å². The Kier molecular flexibility index (Phi) is 50.5. The van der Waals surface area contributed by atoms with Crippen LogP contribution in [-0.2, 0) is 28.6 Å². The number of ether oxygens (including phenoxy) is 3. The number of rotatable bonds is 53. The molecule has 0 aliphatic rings. The van der Waals surface area contributed by atoms with E-state index in [0.717, 1.165) is 69.6 Å². The predicted molar refractivity (Wildman–Crippen MR) is 280 cm³/mol. The molecular weight excluding hydrogens is 805 g/mol. The molecule has 0 aliphatic heterocycles. The number of esters is 3. The molecule has 65 heavy (non-hydrogen) atoms. The second kappa shape index (κ2) is 51.8. The van der Waals surface area contributed by atoms with Gasteiger partial charge in [-0.3, -0.25) is 14.4 Å². The molecule has 0 amide bonds. The second-order valence-corrected chi connectivity index (χ2v) is 20.8. The van der Waals surface area contributed by atoms with E-state index in [1.807, 2.05) is 0 Å². The third kappa shape index (κ3) is 50.1. The lowest BCUT2D eigenvalue weighted by molar-refractivity contribution is -0.167. The largest absolute Gasteiger partial charge is 0.462 e. The number of hydrogen-bond donors (Lipinski definition) is 0. The van der Waals surface area contributed by atoms with Gasteiger partial charge in [-0.1, -0.05) is 291 Å². The Labute approximate surface area is 406 Å². The minimum absolute atomic E-state index is 0.0630. The van der Waals surface area contributed by atoms with Gasteiger partial charge in [-0.25, -0.2) is 0 Å². The zero-order valence-electron chi connectivity index (χ0n) is 44.6. The maximum Gasteiger partial charge on any atom is 0.306 e. The van der Waals surface area contributed by atoms with Crippen molar-refractivity contribution in [2.24, 2.45) is 11.8 Å². The Morgan fingerprint density at radius 1 is 0.308 bits per heavy atom. The summed E-state index contributed by atoms with van der Waals surface area (Å²) in [5.74, 6) is 0.916. The van der Waals surface area contributed by atoms with Gasteiger partial charge in [0, 0.05) is 19.3 Å². The molecule has 0 fully saturated rings. The molecule has 0 aromatic rings. The summed E-state index contributed by atoms with van der Waals surface area (Å²) < 4.78 is 16.9. The molecule has 6 nitrogen and oxygen atoms in total. The van der Waals surface area contributed by atoms with Crippen LogP contribution in [0.2, 0.25) is 0 Å². The van der Waals surface area contributed by atoms with E-state index in [1.54, 1.807) is 0 Å². The molecule has 0 spiro atoms. The highest BCUT2D eigenvalue weighted by Crippen LogP contribution is 2.19. The molecule has 0 saturated heterocycles. The number of carbonyl (C=O) groups excluding carboxylic acids is 3. The van der Waals surface area contributed by atoms with Gasteiger partial charge < -0.3 is 14.2 Å². The smallest absolute Gasteiger partial charge is 0.306 e. The lowest BCUT2D eigenvalue weighted by Gasteiger charge is -2.18. The Bertz CT molecular complexity index is 997. The average molecular weight is 920 g/mol. The zero-order chi connectivity index (χ0) is 47.5. The number of carbonyl (C=O) groups is 3. The fourth-order valence-electron chi connectivity index (χ4n) is 8.99. The number of unbranched alkanes of at least 4 members (excludes halogenated alkanes) is 36. The molecule has 0 aromatic heterocycles. The Hall–Kier alpha value is -1.59. The van der Waals surface area contributed by atoms with E-state index in [-0.39, 0.29) is 31.1 Å². The highest BCUT2D eigenvalue weighted by atomic mass is 16.6. The normalized spacial score (nSPS) is 12.9.